The molecule has 1 unspecified atom stereocenters. The quantitative estimate of drug-likeness (QED) is 0.828. The molecule has 1 saturated heterocycles. The minimum Gasteiger partial charge on any atom is -0.330 e. The molecule has 1 fully saturated rings. The average Bonchev–Trinajstić information content (AvgIpc) is 2.80. The number of rotatable bonds is 5. The molecule has 21 heavy (non-hydrogen) atoms. The van der Waals surface area contributed by atoms with Gasteiger partial charge in [-0.2, -0.15) is 0 Å². The second-order valence-electron chi connectivity index (χ2n) is 5.81. The molecule has 0 saturated carbocycles. The van der Waals surface area contributed by atoms with Gasteiger partial charge >= 0.3 is 0 Å². The lowest BCUT2D eigenvalue weighted by Gasteiger charge is -2.22. The number of likely N-dealkylation sites (tertiary alicyclic amines) is 1. The van der Waals surface area contributed by atoms with Crippen molar-refractivity contribution < 1.29 is 8.42 Å². The Labute approximate surface area is 141 Å². The van der Waals surface area contributed by atoms with Crippen LogP contribution >= 0.6 is 28.3 Å². The third-order valence-corrected chi connectivity index (χ3v) is 6.22. The molecule has 1 aliphatic rings. The first-order chi connectivity index (χ1) is 9.35. The van der Waals surface area contributed by atoms with Gasteiger partial charge < -0.3 is 10.6 Å². The zero-order valence-corrected chi connectivity index (χ0v) is 15.3. The van der Waals surface area contributed by atoms with E-state index in [9.17, 15) is 8.42 Å². The second-order valence-corrected chi connectivity index (χ2v) is 8.84. The maximum atomic E-state index is 12.3. The average molecular weight is 398 g/mol. The molecule has 1 atom stereocenters. The number of halogens is 2. The van der Waals surface area contributed by atoms with Crippen molar-refractivity contribution in [1.82, 2.24) is 4.90 Å². The van der Waals surface area contributed by atoms with Crippen molar-refractivity contribution >= 4 is 38.2 Å². The van der Waals surface area contributed by atoms with Crippen LogP contribution in [0.15, 0.2) is 33.6 Å². The van der Waals surface area contributed by atoms with Gasteiger partial charge in [-0.1, -0.05) is 22.9 Å². The predicted molar refractivity (Wildman–Crippen MR) is 91.7 cm³/mol. The fourth-order valence-corrected chi connectivity index (χ4v) is 4.04. The number of nitrogens with zero attached hydrogens (tertiary/aromatic N) is 1. The Kier molecular flexibility index (Phi) is 6.68. The molecule has 2 rings (SSSR count). The minimum absolute atomic E-state index is 0. The van der Waals surface area contributed by atoms with E-state index in [0.29, 0.717) is 18.0 Å². The molecule has 1 heterocycles. The summed E-state index contributed by atoms with van der Waals surface area (Å²) in [7, 11) is -3.20. The highest BCUT2D eigenvalue weighted by Crippen LogP contribution is 2.28. The summed E-state index contributed by atoms with van der Waals surface area (Å²) in [5.74, 6) is 0.162. The maximum absolute atomic E-state index is 12.3. The monoisotopic (exact) mass is 396 g/mol. The molecule has 2 N–H and O–H groups in total. The van der Waals surface area contributed by atoms with Crippen LogP contribution in [0.1, 0.15) is 13.3 Å². The van der Waals surface area contributed by atoms with E-state index in [2.05, 4.69) is 27.8 Å². The van der Waals surface area contributed by atoms with Gasteiger partial charge in [0, 0.05) is 17.6 Å². The smallest absolute Gasteiger partial charge is 0.179 e. The largest absolute Gasteiger partial charge is 0.330 e. The van der Waals surface area contributed by atoms with Crippen LogP contribution < -0.4 is 5.73 Å². The molecular formula is C14H22BrClN2O2S. The summed E-state index contributed by atoms with van der Waals surface area (Å²) in [4.78, 5) is 2.59. The molecule has 1 aromatic carbocycles. The van der Waals surface area contributed by atoms with Crippen LogP contribution in [-0.4, -0.2) is 45.2 Å². The SMILES string of the molecule is CC1(CN)CCN(CCS(=O)(=O)c2ccc(Br)cc2)C1.Cl. The van der Waals surface area contributed by atoms with Gasteiger partial charge in [-0.25, -0.2) is 8.42 Å². The van der Waals surface area contributed by atoms with Crippen molar-refractivity contribution in [2.45, 2.75) is 18.2 Å². The van der Waals surface area contributed by atoms with Crippen LogP contribution in [0.2, 0.25) is 0 Å². The molecule has 0 amide bonds. The van der Waals surface area contributed by atoms with E-state index in [0.717, 1.165) is 24.0 Å². The predicted octanol–water partition coefficient (Wildman–Crippen LogP) is 2.32. The summed E-state index contributed by atoms with van der Waals surface area (Å²) in [5.41, 5.74) is 5.91. The third-order valence-electron chi connectivity index (χ3n) is 3.98. The lowest BCUT2D eigenvalue weighted by atomic mass is 9.90. The molecule has 1 aliphatic heterocycles. The number of sulfone groups is 1. The molecule has 120 valence electrons. The number of hydrogen-bond acceptors (Lipinski definition) is 4. The molecule has 0 bridgehead atoms. The zero-order chi connectivity index (χ0) is 14.8. The van der Waals surface area contributed by atoms with Crippen LogP contribution in [-0.2, 0) is 9.84 Å². The van der Waals surface area contributed by atoms with E-state index in [4.69, 9.17) is 5.73 Å². The Morgan fingerprint density at radius 3 is 2.48 bits per heavy atom. The summed E-state index contributed by atoms with van der Waals surface area (Å²) in [6, 6.07) is 6.81. The molecular weight excluding hydrogens is 376 g/mol. The molecule has 0 aromatic heterocycles. The van der Waals surface area contributed by atoms with E-state index in [1.54, 1.807) is 24.3 Å². The lowest BCUT2D eigenvalue weighted by molar-refractivity contribution is 0.291. The van der Waals surface area contributed by atoms with Gasteiger partial charge in [0.05, 0.1) is 10.6 Å². The van der Waals surface area contributed by atoms with Crippen LogP contribution in [0.25, 0.3) is 0 Å². The summed E-state index contributed by atoms with van der Waals surface area (Å²) in [5, 5.41) is 0. The number of nitrogens with two attached hydrogens (primary N) is 1. The summed E-state index contributed by atoms with van der Waals surface area (Å²) < 4.78 is 25.4. The number of hydrogen-bond donors (Lipinski definition) is 1. The molecule has 1 aromatic rings. The van der Waals surface area contributed by atoms with Gasteiger partial charge in [0.15, 0.2) is 9.84 Å². The van der Waals surface area contributed by atoms with Crippen molar-refractivity contribution in [2.24, 2.45) is 11.1 Å². The molecule has 4 nitrogen and oxygen atoms in total. The van der Waals surface area contributed by atoms with Gasteiger partial charge in [-0.05, 0) is 49.2 Å². The highest BCUT2D eigenvalue weighted by molar-refractivity contribution is 9.10. The Hall–Kier alpha value is -0.140. The fraction of sp³-hybridized carbons (Fsp3) is 0.571. The van der Waals surface area contributed by atoms with E-state index in [-0.39, 0.29) is 23.6 Å². The first-order valence-corrected chi connectivity index (χ1v) is 9.20. The van der Waals surface area contributed by atoms with E-state index < -0.39 is 9.84 Å². The van der Waals surface area contributed by atoms with E-state index >= 15 is 0 Å². The van der Waals surface area contributed by atoms with Gasteiger partial charge in [0.2, 0.25) is 0 Å². The highest BCUT2D eigenvalue weighted by atomic mass is 79.9. The van der Waals surface area contributed by atoms with Gasteiger partial charge in [0.25, 0.3) is 0 Å². The molecule has 0 aliphatic carbocycles. The molecule has 0 spiro atoms. The second kappa shape index (κ2) is 7.42. The maximum Gasteiger partial charge on any atom is 0.179 e. The highest BCUT2D eigenvalue weighted by Gasteiger charge is 2.32. The van der Waals surface area contributed by atoms with Crippen LogP contribution in [0.4, 0.5) is 0 Å². The summed E-state index contributed by atoms with van der Waals surface area (Å²) >= 11 is 3.31. The Morgan fingerprint density at radius 1 is 1.33 bits per heavy atom. The summed E-state index contributed by atoms with van der Waals surface area (Å²) in [6.45, 7) is 5.22. The standard InChI is InChI=1S/C14H21BrN2O2S.ClH/c1-14(10-16)6-7-17(11-14)8-9-20(18,19)13-4-2-12(15)3-5-13;/h2-5H,6-11,16H2,1H3;1H. The molecule has 7 heteroatoms. The third kappa shape index (κ3) is 4.93. The normalized spacial score (nSPS) is 23.0. The van der Waals surface area contributed by atoms with Crippen molar-refractivity contribution in [2.75, 3.05) is 31.9 Å². The fourth-order valence-electron chi connectivity index (χ4n) is 2.49. The summed E-state index contributed by atoms with van der Waals surface area (Å²) in [6.07, 6.45) is 1.04. The van der Waals surface area contributed by atoms with E-state index in [1.165, 1.54) is 0 Å². The number of benzene rings is 1. The van der Waals surface area contributed by atoms with Crippen LogP contribution in [0.5, 0.6) is 0 Å². The molecule has 0 radical (unpaired) electrons. The topological polar surface area (TPSA) is 63.4 Å². The van der Waals surface area contributed by atoms with Gasteiger partial charge in [-0.15, -0.1) is 12.4 Å². The van der Waals surface area contributed by atoms with Gasteiger partial charge in [0.1, 0.15) is 0 Å². The van der Waals surface area contributed by atoms with Crippen LogP contribution in [0, 0.1) is 5.41 Å². The first kappa shape index (κ1) is 18.9. The van der Waals surface area contributed by atoms with E-state index in [1.807, 2.05) is 0 Å². The Balaban J connectivity index is 0.00000220. The van der Waals surface area contributed by atoms with Crippen molar-refractivity contribution in [3.05, 3.63) is 28.7 Å². The lowest BCUT2D eigenvalue weighted by Crippen LogP contribution is -2.33. The van der Waals surface area contributed by atoms with Gasteiger partial charge in [-0.3, -0.25) is 0 Å². The Bertz CT molecular complexity index is 565. The Morgan fingerprint density at radius 2 is 1.95 bits per heavy atom. The van der Waals surface area contributed by atoms with Crippen molar-refractivity contribution in [3.8, 4) is 0 Å². The minimum atomic E-state index is -3.20. The van der Waals surface area contributed by atoms with Crippen LogP contribution in [0.3, 0.4) is 0 Å². The van der Waals surface area contributed by atoms with Crippen molar-refractivity contribution in [1.29, 1.82) is 0 Å². The first-order valence-electron chi connectivity index (χ1n) is 6.75. The zero-order valence-electron chi connectivity index (χ0n) is 12.1. The van der Waals surface area contributed by atoms with Crippen molar-refractivity contribution in [3.63, 3.8) is 0 Å².